The summed E-state index contributed by atoms with van der Waals surface area (Å²) in [5.74, 6) is 0.0437. The number of hydrogen-bond acceptors (Lipinski definition) is 5. The summed E-state index contributed by atoms with van der Waals surface area (Å²) in [5, 5.41) is 3.29. The van der Waals surface area contributed by atoms with Crippen LogP contribution in [0.3, 0.4) is 0 Å². The van der Waals surface area contributed by atoms with E-state index in [9.17, 15) is 18.0 Å². The topological polar surface area (TPSA) is 96.0 Å². The van der Waals surface area contributed by atoms with Gasteiger partial charge in [0.15, 0.2) is 0 Å². The first-order valence-corrected chi connectivity index (χ1v) is 15.1. The van der Waals surface area contributed by atoms with Gasteiger partial charge in [0.25, 0.3) is 0 Å². The number of anilines is 1. The van der Waals surface area contributed by atoms with E-state index in [-0.39, 0.29) is 42.3 Å². The van der Waals surface area contributed by atoms with E-state index >= 15 is 0 Å². The van der Waals surface area contributed by atoms with Gasteiger partial charge in [0.1, 0.15) is 11.8 Å². The van der Waals surface area contributed by atoms with Crippen molar-refractivity contribution in [1.29, 1.82) is 0 Å². The molecule has 8 nitrogen and oxygen atoms in total. The van der Waals surface area contributed by atoms with E-state index < -0.39 is 16.1 Å². The third kappa shape index (κ3) is 8.63. The Morgan fingerprint density at radius 2 is 1.79 bits per heavy atom. The number of nitrogens with one attached hydrogen (secondary N) is 1. The molecule has 10 heteroatoms. The molecule has 0 radical (unpaired) electrons. The molecule has 0 saturated carbocycles. The molecule has 0 fully saturated rings. The number of methoxy groups -OCH3 is 1. The molecule has 0 aliphatic heterocycles. The summed E-state index contributed by atoms with van der Waals surface area (Å²) in [6.45, 7) is 8.16. The van der Waals surface area contributed by atoms with Gasteiger partial charge in [0.05, 0.1) is 24.1 Å². The summed E-state index contributed by atoms with van der Waals surface area (Å²) in [5.41, 5.74) is 2.38. The van der Waals surface area contributed by atoms with Crippen molar-refractivity contribution in [3.05, 3.63) is 58.6 Å². The molecule has 2 rings (SSSR count). The number of nitrogens with zero attached hydrogens (tertiary/aromatic N) is 2. The second-order valence-electron chi connectivity index (χ2n) is 9.45. The van der Waals surface area contributed by atoms with Crippen LogP contribution >= 0.6 is 11.6 Å². The number of ether oxygens (including phenoxy) is 1. The number of sulfonamides is 1. The van der Waals surface area contributed by atoms with E-state index in [0.717, 1.165) is 23.8 Å². The van der Waals surface area contributed by atoms with Crippen molar-refractivity contribution in [3.8, 4) is 5.75 Å². The molecule has 2 amide bonds. The van der Waals surface area contributed by atoms with Crippen LogP contribution in [0.2, 0.25) is 5.02 Å². The van der Waals surface area contributed by atoms with Crippen LogP contribution in [0.15, 0.2) is 42.5 Å². The third-order valence-corrected chi connectivity index (χ3v) is 8.05. The van der Waals surface area contributed by atoms with Gasteiger partial charge in [-0.25, -0.2) is 8.42 Å². The minimum Gasteiger partial charge on any atom is -0.495 e. The highest BCUT2D eigenvalue weighted by Gasteiger charge is 2.29. The molecule has 0 heterocycles. The van der Waals surface area contributed by atoms with E-state index in [1.807, 2.05) is 52.0 Å². The van der Waals surface area contributed by atoms with Crippen molar-refractivity contribution in [2.24, 2.45) is 0 Å². The Hall–Kier alpha value is -2.78. The van der Waals surface area contributed by atoms with Gasteiger partial charge >= 0.3 is 0 Å². The van der Waals surface area contributed by atoms with Crippen LogP contribution in [0.4, 0.5) is 5.69 Å². The monoisotopic (exact) mass is 565 g/mol. The molecule has 0 aliphatic carbocycles. The predicted molar refractivity (Wildman–Crippen MR) is 153 cm³/mol. The zero-order valence-corrected chi connectivity index (χ0v) is 24.7. The fraction of sp³-hybridized carbons (Fsp3) is 0.500. The van der Waals surface area contributed by atoms with Gasteiger partial charge in [-0.1, -0.05) is 49.7 Å². The molecule has 0 aromatic heterocycles. The van der Waals surface area contributed by atoms with Crippen molar-refractivity contribution in [1.82, 2.24) is 10.2 Å². The maximum Gasteiger partial charge on any atom is 0.243 e. The zero-order valence-electron chi connectivity index (χ0n) is 23.2. The molecule has 1 N–H and O–H groups in total. The maximum absolute atomic E-state index is 13.6. The zero-order chi connectivity index (χ0) is 28.5. The largest absolute Gasteiger partial charge is 0.495 e. The van der Waals surface area contributed by atoms with Gasteiger partial charge in [-0.15, -0.1) is 0 Å². The van der Waals surface area contributed by atoms with Gasteiger partial charge in [0, 0.05) is 25.6 Å². The lowest BCUT2D eigenvalue weighted by molar-refractivity contribution is -0.141. The molecule has 0 spiro atoms. The molecule has 2 atom stereocenters. The van der Waals surface area contributed by atoms with Crippen LogP contribution in [0.25, 0.3) is 0 Å². The van der Waals surface area contributed by atoms with Crippen molar-refractivity contribution < 1.29 is 22.7 Å². The second kappa shape index (κ2) is 14.4. The Balaban J connectivity index is 2.26. The van der Waals surface area contributed by atoms with E-state index in [2.05, 4.69) is 5.32 Å². The normalized spacial score (nSPS) is 12.9. The van der Waals surface area contributed by atoms with Crippen molar-refractivity contribution in [2.45, 2.75) is 72.0 Å². The summed E-state index contributed by atoms with van der Waals surface area (Å²) < 4.78 is 31.5. The van der Waals surface area contributed by atoms with Crippen LogP contribution in [0.5, 0.6) is 5.75 Å². The maximum atomic E-state index is 13.6. The molecule has 2 aromatic rings. The fourth-order valence-electron chi connectivity index (χ4n) is 4.15. The first kappa shape index (κ1) is 31.4. The number of carbonyl (C=O) groups excluding carboxylic acids is 2. The highest BCUT2D eigenvalue weighted by molar-refractivity contribution is 7.92. The minimum atomic E-state index is -3.63. The van der Waals surface area contributed by atoms with Crippen LogP contribution in [-0.2, 0) is 26.2 Å². The predicted octanol–water partition coefficient (Wildman–Crippen LogP) is 4.93. The van der Waals surface area contributed by atoms with E-state index in [1.165, 1.54) is 17.5 Å². The summed E-state index contributed by atoms with van der Waals surface area (Å²) >= 11 is 6.22. The van der Waals surface area contributed by atoms with Gasteiger partial charge in [-0.3, -0.25) is 13.9 Å². The SMILES string of the molecule is CC[C@H](C(=O)N[C@@H](C)CC)N(Cc1ccccc1C)C(=O)CCCN(c1ccc(OC)c(Cl)c1)S(C)(=O)=O. The molecule has 0 aliphatic rings. The summed E-state index contributed by atoms with van der Waals surface area (Å²) in [4.78, 5) is 28.3. The van der Waals surface area contributed by atoms with E-state index in [1.54, 1.807) is 17.0 Å². The number of amides is 2. The van der Waals surface area contributed by atoms with Crippen molar-refractivity contribution in [3.63, 3.8) is 0 Å². The van der Waals surface area contributed by atoms with Crippen LogP contribution in [-0.4, -0.2) is 57.1 Å². The highest BCUT2D eigenvalue weighted by atomic mass is 35.5. The lowest BCUT2D eigenvalue weighted by atomic mass is 10.0. The lowest BCUT2D eigenvalue weighted by Gasteiger charge is -2.32. The van der Waals surface area contributed by atoms with E-state index in [4.69, 9.17) is 16.3 Å². The average Bonchev–Trinajstić information content (AvgIpc) is 2.86. The molecular formula is C28H40ClN3O5S. The molecule has 0 unspecified atom stereocenters. The number of hydrogen-bond donors (Lipinski definition) is 1. The Kier molecular flexibility index (Phi) is 11.9. The van der Waals surface area contributed by atoms with Crippen LogP contribution < -0.4 is 14.4 Å². The Morgan fingerprint density at radius 1 is 1.11 bits per heavy atom. The average molecular weight is 566 g/mol. The fourth-order valence-corrected chi connectivity index (χ4v) is 5.36. The Labute approximate surface area is 232 Å². The Bertz CT molecular complexity index is 1200. The molecule has 210 valence electrons. The smallest absolute Gasteiger partial charge is 0.243 e. The van der Waals surface area contributed by atoms with Gasteiger partial charge in [-0.05, 0) is 62.4 Å². The van der Waals surface area contributed by atoms with Crippen LogP contribution in [0.1, 0.15) is 57.6 Å². The first-order chi connectivity index (χ1) is 17.9. The molecule has 0 bridgehead atoms. The Morgan fingerprint density at radius 3 is 2.34 bits per heavy atom. The molecule has 0 saturated heterocycles. The quantitative estimate of drug-likeness (QED) is 0.350. The highest BCUT2D eigenvalue weighted by Crippen LogP contribution is 2.30. The minimum absolute atomic E-state index is 0.00777. The summed E-state index contributed by atoms with van der Waals surface area (Å²) in [6.07, 6.45) is 2.70. The molecule has 2 aromatic carbocycles. The van der Waals surface area contributed by atoms with Gasteiger partial charge in [-0.2, -0.15) is 0 Å². The van der Waals surface area contributed by atoms with Crippen molar-refractivity contribution >= 4 is 39.1 Å². The lowest BCUT2D eigenvalue weighted by Crippen LogP contribution is -2.50. The summed E-state index contributed by atoms with van der Waals surface area (Å²) in [7, 11) is -2.15. The number of halogens is 1. The van der Waals surface area contributed by atoms with Crippen molar-refractivity contribution in [2.75, 3.05) is 24.2 Å². The number of benzene rings is 2. The standard InChI is InChI=1S/C28H40ClN3O5S/c1-7-21(4)30-28(34)25(8-2)31(19-22-13-10-9-12-20(22)3)27(33)14-11-17-32(38(6,35)36)23-15-16-26(37-5)24(29)18-23/h9-10,12-13,15-16,18,21,25H,7-8,11,14,17,19H2,1-6H3,(H,30,34)/t21-,25+/m0/s1. The second-order valence-corrected chi connectivity index (χ2v) is 11.8. The summed E-state index contributed by atoms with van der Waals surface area (Å²) in [6, 6.07) is 11.9. The molecular weight excluding hydrogens is 526 g/mol. The van der Waals surface area contributed by atoms with Crippen LogP contribution in [0, 0.1) is 6.92 Å². The van der Waals surface area contributed by atoms with Gasteiger partial charge in [0.2, 0.25) is 21.8 Å². The van der Waals surface area contributed by atoms with Gasteiger partial charge < -0.3 is 15.0 Å². The number of aryl methyl sites for hydroxylation is 1. The number of carbonyl (C=O) groups is 2. The van der Waals surface area contributed by atoms with E-state index in [0.29, 0.717) is 24.4 Å². The first-order valence-electron chi connectivity index (χ1n) is 12.9. The molecule has 38 heavy (non-hydrogen) atoms. The third-order valence-electron chi connectivity index (χ3n) is 6.56. The number of rotatable bonds is 14.